The molecule has 2 aliphatic rings. The Morgan fingerprint density at radius 3 is 2.91 bits per heavy atom. The van der Waals surface area contributed by atoms with Crippen molar-refractivity contribution in [2.75, 3.05) is 39.5 Å². The fourth-order valence-electron chi connectivity index (χ4n) is 3.27. The Morgan fingerprint density at radius 2 is 2.14 bits per heavy atom. The summed E-state index contributed by atoms with van der Waals surface area (Å²) in [4.78, 5) is 2.45. The van der Waals surface area contributed by atoms with Gasteiger partial charge in [-0.1, -0.05) is 31.4 Å². The molecular formula is C18H24N2O2. The van der Waals surface area contributed by atoms with Gasteiger partial charge >= 0.3 is 0 Å². The first-order valence-corrected chi connectivity index (χ1v) is 8.29. The van der Waals surface area contributed by atoms with Crippen molar-refractivity contribution >= 4 is 0 Å². The van der Waals surface area contributed by atoms with Crippen LogP contribution < -0.4 is 4.74 Å². The number of nitriles is 1. The van der Waals surface area contributed by atoms with Crippen molar-refractivity contribution in [2.24, 2.45) is 11.8 Å². The molecule has 4 nitrogen and oxygen atoms in total. The fourth-order valence-corrected chi connectivity index (χ4v) is 3.27. The van der Waals surface area contributed by atoms with Gasteiger partial charge in [0.25, 0.3) is 0 Å². The average molecular weight is 300 g/mol. The molecule has 0 bridgehead atoms. The van der Waals surface area contributed by atoms with Crippen molar-refractivity contribution in [1.82, 2.24) is 4.90 Å². The Bertz CT molecular complexity index is 522. The third-order valence-electron chi connectivity index (χ3n) is 4.87. The van der Waals surface area contributed by atoms with Gasteiger partial charge in [0.15, 0.2) is 0 Å². The zero-order valence-electron chi connectivity index (χ0n) is 13.0. The zero-order valence-corrected chi connectivity index (χ0v) is 13.0. The minimum absolute atomic E-state index is 0.606. The SMILES string of the molecule is N#Cc1ccccc1OCCN1CCOCC(C2CCC2)C1. The molecule has 1 saturated carbocycles. The maximum Gasteiger partial charge on any atom is 0.137 e. The second-order valence-corrected chi connectivity index (χ2v) is 6.28. The van der Waals surface area contributed by atoms with Gasteiger partial charge in [-0.3, -0.25) is 4.90 Å². The van der Waals surface area contributed by atoms with Crippen molar-refractivity contribution in [3.05, 3.63) is 29.8 Å². The van der Waals surface area contributed by atoms with E-state index in [1.807, 2.05) is 18.2 Å². The highest BCUT2D eigenvalue weighted by Crippen LogP contribution is 2.34. The standard InChI is InChI=1S/C18H24N2O2/c19-12-16-4-1-2-7-18(16)22-11-9-20-8-10-21-14-17(13-20)15-5-3-6-15/h1-2,4,7,15,17H,3,5-6,8-11,13-14H2. The Morgan fingerprint density at radius 1 is 1.27 bits per heavy atom. The van der Waals surface area contributed by atoms with Crippen LogP contribution in [0.25, 0.3) is 0 Å². The van der Waals surface area contributed by atoms with Gasteiger partial charge in [-0.2, -0.15) is 5.26 Å². The van der Waals surface area contributed by atoms with Gasteiger partial charge in [0.2, 0.25) is 0 Å². The smallest absolute Gasteiger partial charge is 0.137 e. The molecule has 2 fully saturated rings. The van der Waals surface area contributed by atoms with E-state index < -0.39 is 0 Å². The number of rotatable bonds is 5. The van der Waals surface area contributed by atoms with Crippen LogP contribution >= 0.6 is 0 Å². The Balaban J connectivity index is 1.48. The van der Waals surface area contributed by atoms with Crippen LogP contribution in [0.15, 0.2) is 24.3 Å². The molecular weight excluding hydrogens is 276 g/mol. The van der Waals surface area contributed by atoms with E-state index in [4.69, 9.17) is 14.7 Å². The first-order chi connectivity index (χ1) is 10.9. The highest BCUT2D eigenvalue weighted by molar-refractivity contribution is 5.42. The largest absolute Gasteiger partial charge is 0.491 e. The van der Waals surface area contributed by atoms with Crippen molar-refractivity contribution in [3.8, 4) is 11.8 Å². The van der Waals surface area contributed by atoms with E-state index in [1.54, 1.807) is 6.07 Å². The van der Waals surface area contributed by atoms with Crippen LogP contribution in [0.1, 0.15) is 24.8 Å². The second kappa shape index (κ2) is 7.62. The summed E-state index contributed by atoms with van der Waals surface area (Å²) >= 11 is 0. The molecule has 1 unspecified atom stereocenters. The number of nitrogens with zero attached hydrogens (tertiary/aromatic N) is 2. The predicted molar refractivity (Wildman–Crippen MR) is 84.7 cm³/mol. The van der Waals surface area contributed by atoms with Crippen LogP contribution in [0.4, 0.5) is 0 Å². The van der Waals surface area contributed by atoms with Crippen LogP contribution in [0.3, 0.4) is 0 Å². The fraction of sp³-hybridized carbons (Fsp3) is 0.611. The number of hydrogen-bond donors (Lipinski definition) is 0. The molecule has 0 amide bonds. The van der Waals surface area contributed by atoms with Crippen molar-refractivity contribution in [2.45, 2.75) is 19.3 Å². The van der Waals surface area contributed by atoms with Crippen LogP contribution in [-0.2, 0) is 4.74 Å². The van der Waals surface area contributed by atoms with Crippen LogP contribution in [0.2, 0.25) is 0 Å². The van der Waals surface area contributed by atoms with Crippen LogP contribution in [-0.4, -0.2) is 44.4 Å². The molecule has 1 aromatic rings. The number of para-hydroxylation sites is 1. The summed E-state index contributed by atoms with van der Waals surface area (Å²) in [6.45, 7) is 5.35. The van der Waals surface area contributed by atoms with E-state index >= 15 is 0 Å². The summed E-state index contributed by atoms with van der Waals surface area (Å²) in [7, 11) is 0. The van der Waals surface area contributed by atoms with E-state index in [2.05, 4.69) is 11.0 Å². The molecule has 1 aliphatic carbocycles. The highest BCUT2D eigenvalue weighted by atomic mass is 16.5. The lowest BCUT2D eigenvalue weighted by molar-refractivity contribution is 0.0768. The second-order valence-electron chi connectivity index (χ2n) is 6.28. The summed E-state index contributed by atoms with van der Waals surface area (Å²) in [5.41, 5.74) is 0.606. The molecule has 4 heteroatoms. The summed E-state index contributed by atoms with van der Waals surface area (Å²) in [6.07, 6.45) is 4.12. The number of benzene rings is 1. The summed E-state index contributed by atoms with van der Waals surface area (Å²) in [5.74, 6) is 2.23. The number of ether oxygens (including phenoxy) is 2. The van der Waals surface area contributed by atoms with Gasteiger partial charge in [-0.15, -0.1) is 0 Å². The third-order valence-corrected chi connectivity index (χ3v) is 4.87. The van der Waals surface area contributed by atoms with Crippen molar-refractivity contribution in [1.29, 1.82) is 5.26 Å². The first-order valence-electron chi connectivity index (χ1n) is 8.29. The van der Waals surface area contributed by atoms with E-state index in [9.17, 15) is 0 Å². The molecule has 1 atom stereocenters. The van der Waals surface area contributed by atoms with Gasteiger partial charge in [0, 0.05) is 19.6 Å². The third kappa shape index (κ3) is 3.79. The molecule has 1 saturated heterocycles. The minimum atomic E-state index is 0.606. The molecule has 0 radical (unpaired) electrons. The van der Waals surface area contributed by atoms with Crippen LogP contribution in [0.5, 0.6) is 5.75 Å². The lowest BCUT2D eigenvalue weighted by Crippen LogP contribution is -2.37. The Labute approximate surface area is 132 Å². The minimum Gasteiger partial charge on any atom is -0.491 e. The molecule has 22 heavy (non-hydrogen) atoms. The van der Waals surface area contributed by atoms with E-state index in [-0.39, 0.29) is 0 Å². The molecule has 1 aromatic carbocycles. The Kier molecular flexibility index (Phi) is 5.31. The molecule has 1 heterocycles. The quantitative estimate of drug-likeness (QED) is 0.838. The van der Waals surface area contributed by atoms with E-state index in [0.29, 0.717) is 23.8 Å². The summed E-state index contributed by atoms with van der Waals surface area (Å²) in [6, 6.07) is 9.60. The van der Waals surface area contributed by atoms with Gasteiger partial charge in [-0.25, -0.2) is 0 Å². The zero-order chi connectivity index (χ0) is 15.2. The normalized spacial score (nSPS) is 23.3. The average Bonchev–Trinajstić information content (AvgIpc) is 2.72. The van der Waals surface area contributed by atoms with Gasteiger partial charge < -0.3 is 9.47 Å². The van der Waals surface area contributed by atoms with Crippen LogP contribution in [0, 0.1) is 23.2 Å². The van der Waals surface area contributed by atoms with Gasteiger partial charge in [0.1, 0.15) is 18.4 Å². The van der Waals surface area contributed by atoms with Crippen molar-refractivity contribution < 1.29 is 9.47 Å². The van der Waals surface area contributed by atoms with Gasteiger partial charge in [-0.05, 0) is 24.0 Å². The molecule has 118 valence electrons. The molecule has 0 spiro atoms. The highest BCUT2D eigenvalue weighted by Gasteiger charge is 2.30. The lowest BCUT2D eigenvalue weighted by atomic mass is 9.76. The first kappa shape index (κ1) is 15.3. The summed E-state index contributed by atoms with van der Waals surface area (Å²) < 4.78 is 11.6. The molecule has 3 rings (SSSR count). The van der Waals surface area contributed by atoms with E-state index in [1.165, 1.54) is 19.3 Å². The maximum atomic E-state index is 9.08. The maximum absolute atomic E-state index is 9.08. The number of hydrogen-bond acceptors (Lipinski definition) is 4. The lowest BCUT2D eigenvalue weighted by Gasteiger charge is -2.34. The topological polar surface area (TPSA) is 45.5 Å². The summed E-state index contributed by atoms with van der Waals surface area (Å²) in [5, 5.41) is 9.08. The molecule has 0 N–H and O–H groups in total. The van der Waals surface area contributed by atoms with E-state index in [0.717, 1.165) is 38.8 Å². The predicted octanol–water partition coefficient (Wildman–Crippen LogP) is 2.69. The molecule has 0 aromatic heterocycles. The van der Waals surface area contributed by atoms with Gasteiger partial charge in [0.05, 0.1) is 18.8 Å². The molecule has 1 aliphatic heterocycles. The Hall–Kier alpha value is -1.57. The van der Waals surface area contributed by atoms with Crippen molar-refractivity contribution in [3.63, 3.8) is 0 Å². The monoisotopic (exact) mass is 300 g/mol.